The Morgan fingerprint density at radius 2 is 1.93 bits per heavy atom. The number of carbonyl (C=O) groups excluding carboxylic acids is 1. The Labute approximate surface area is 88.8 Å². The molecule has 0 heterocycles. The second kappa shape index (κ2) is 5.90. The van der Waals surface area contributed by atoms with Crippen molar-refractivity contribution >= 4 is 6.16 Å². The van der Waals surface area contributed by atoms with E-state index in [0.29, 0.717) is 5.75 Å². The highest BCUT2D eigenvalue weighted by molar-refractivity contribution is 5.59. The van der Waals surface area contributed by atoms with Gasteiger partial charge in [-0.15, -0.1) is 0 Å². The van der Waals surface area contributed by atoms with Crippen LogP contribution in [0.1, 0.15) is 13.8 Å². The maximum Gasteiger partial charge on any atom is 0.511 e. The molecule has 0 unspecified atom stereocenters. The Morgan fingerprint density at radius 1 is 1.27 bits per heavy atom. The van der Waals surface area contributed by atoms with E-state index in [-0.39, 0.29) is 12.9 Å². The molecule has 1 rings (SSSR count). The predicted molar refractivity (Wildman–Crippen MR) is 54.6 cm³/mol. The summed E-state index contributed by atoms with van der Waals surface area (Å²) < 4.78 is 14.6. The summed E-state index contributed by atoms with van der Waals surface area (Å²) in [7, 11) is 0. The van der Waals surface area contributed by atoms with Gasteiger partial charge in [0.2, 0.25) is 6.79 Å². The summed E-state index contributed by atoms with van der Waals surface area (Å²) in [5, 5.41) is 0. The maximum absolute atomic E-state index is 10.9. The predicted octanol–water partition coefficient (Wildman–Crippen LogP) is 2.58. The summed E-state index contributed by atoms with van der Waals surface area (Å²) in [6, 6.07) is 9.10. The van der Waals surface area contributed by atoms with Crippen molar-refractivity contribution < 1.29 is 19.0 Å². The molecule has 0 spiro atoms. The fourth-order valence-corrected chi connectivity index (χ4v) is 0.889. The summed E-state index contributed by atoms with van der Waals surface area (Å²) >= 11 is 0. The minimum absolute atomic E-state index is 0.143. The first-order valence-electron chi connectivity index (χ1n) is 4.69. The topological polar surface area (TPSA) is 44.8 Å². The van der Waals surface area contributed by atoms with Gasteiger partial charge in [-0.3, -0.25) is 0 Å². The van der Waals surface area contributed by atoms with Crippen LogP contribution in [0.3, 0.4) is 0 Å². The van der Waals surface area contributed by atoms with E-state index in [1.54, 1.807) is 26.0 Å². The Kier molecular flexibility index (Phi) is 4.47. The second-order valence-corrected chi connectivity index (χ2v) is 3.14. The molecule has 4 nitrogen and oxygen atoms in total. The largest absolute Gasteiger partial charge is 0.511 e. The van der Waals surface area contributed by atoms with Gasteiger partial charge in [0.25, 0.3) is 0 Å². The highest BCUT2D eigenvalue weighted by Gasteiger charge is 2.05. The first-order valence-corrected chi connectivity index (χ1v) is 4.69. The Balaban J connectivity index is 2.19. The molecular formula is C11H14O4. The number of hydrogen-bond donors (Lipinski definition) is 0. The van der Waals surface area contributed by atoms with E-state index in [4.69, 9.17) is 9.47 Å². The lowest BCUT2D eigenvalue weighted by Gasteiger charge is -2.09. The SMILES string of the molecule is CC(C)OC(=O)OCOc1ccccc1. The Hall–Kier alpha value is -1.71. The fourth-order valence-electron chi connectivity index (χ4n) is 0.889. The highest BCUT2D eigenvalue weighted by atomic mass is 16.8. The molecule has 0 aliphatic carbocycles. The van der Waals surface area contributed by atoms with Crippen LogP contribution in [0.15, 0.2) is 30.3 Å². The first kappa shape index (κ1) is 11.4. The second-order valence-electron chi connectivity index (χ2n) is 3.14. The standard InChI is InChI=1S/C11H14O4/c1-9(2)15-11(12)14-8-13-10-6-4-3-5-7-10/h3-7,9H,8H2,1-2H3. The molecule has 0 radical (unpaired) electrons. The summed E-state index contributed by atoms with van der Waals surface area (Å²) in [5.74, 6) is 0.648. The van der Waals surface area contributed by atoms with Gasteiger partial charge >= 0.3 is 6.16 Å². The lowest BCUT2D eigenvalue weighted by Crippen LogP contribution is -2.15. The summed E-state index contributed by atoms with van der Waals surface area (Å²) in [6.45, 7) is 3.36. The molecule has 0 saturated heterocycles. The van der Waals surface area contributed by atoms with E-state index >= 15 is 0 Å². The third-order valence-electron chi connectivity index (χ3n) is 1.48. The van der Waals surface area contributed by atoms with Gasteiger partial charge in [0, 0.05) is 0 Å². The summed E-state index contributed by atoms with van der Waals surface area (Å²) in [5.41, 5.74) is 0. The van der Waals surface area contributed by atoms with E-state index < -0.39 is 6.16 Å². The third-order valence-corrected chi connectivity index (χ3v) is 1.48. The van der Waals surface area contributed by atoms with Gasteiger partial charge in [-0.05, 0) is 26.0 Å². The average Bonchev–Trinajstić information content (AvgIpc) is 2.18. The lowest BCUT2D eigenvalue weighted by atomic mass is 10.3. The van der Waals surface area contributed by atoms with Crippen molar-refractivity contribution in [3.05, 3.63) is 30.3 Å². The van der Waals surface area contributed by atoms with Crippen LogP contribution < -0.4 is 4.74 Å². The number of rotatable bonds is 4. The van der Waals surface area contributed by atoms with Crippen molar-refractivity contribution in [3.63, 3.8) is 0 Å². The molecule has 15 heavy (non-hydrogen) atoms. The van der Waals surface area contributed by atoms with Gasteiger partial charge in [-0.25, -0.2) is 4.79 Å². The number of para-hydroxylation sites is 1. The number of benzene rings is 1. The zero-order valence-electron chi connectivity index (χ0n) is 8.80. The fraction of sp³-hybridized carbons (Fsp3) is 0.364. The molecule has 0 aliphatic rings. The lowest BCUT2D eigenvalue weighted by molar-refractivity contribution is -0.00815. The summed E-state index contributed by atoms with van der Waals surface area (Å²) in [4.78, 5) is 10.9. The number of ether oxygens (including phenoxy) is 3. The van der Waals surface area contributed by atoms with Crippen LogP contribution in [-0.2, 0) is 9.47 Å². The molecule has 0 amide bonds. The molecular weight excluding hydrogens is 196 g/mol. The van der Waals surface area contributed by atoms with Gasteiger partial charge in [0.1, 0.15) is 5.75 Å². The molecule has 0 fully saturated rings. The molecule has 0 aliphatic heterocycles. The van der Waals surface area contributed by atoms with Gasteiger partial charge in [0.05, 0.1) is 6.10 Å². The van der Waals surface area contributed by atoms with Crippen molar-refractivity contribution in [2.45, 2.75) is 20.0 Å². The van der Waals surface area contributed by atoms with Crippen molar-refractivity contribution in [1.82, 2.24) is 0 Å². The molecule has 0 N–H and O–H groups in total. The Bertz CT molecular complexity index is 295. The molecule has 0 saturated carbocycles. The zero-order valence-corrected chi connectivity index (χ0v) is 8.80. The first-order chi connectivity index (χ1) is 7.18. The maximum atomic E-state index is 10.9. The van der Waals surface area contributed by atoms with Crippen LogP contribution in [0.5, 0.6) is 5.75 Å². The van der Waals surface area contributed by atoms with Crippen molar-refractivity contribution in [2.24, 2.45) is 0 Å². The van der Waals surface area contributed by atoms with E-state index in [9.17, 15) is 4.79 Å². The van der Waals surface area contributed by atoms with Crippen LogP contribution in [0.25, 0.3) is 0 Å². The minimum Gasteiger partial charge on any atom is -0.457 e. The van der Waals surface area contributed by atoms with E-state index in [1.807, 2.05) is 18.2 Å². The average molecular weight is 210 g/mol. The van der Waals surface area contributed by atoms with Crippen LogP contribution in [0, 0.1) is 0 Å². The van der Waals surface area contributed by atoms with Crippen LogP contribution >= 0.6 is 0 Å². The molecule has 1 aromatic carbocycles. The van der Waals surface area contributed by atoms with Crippen LogP contribution in [0.4, 0.5) is 4.79 Å². The van der Waals surface area contributed by atoms with Crippen molar-refractivity contribution in [1.29, 1.82) is 0 Å². The molecule has 82 valence electrons. The number of carbonyl (C=O) groups is 1. The summed E-state index contributed by atoms with van der Waals surface area (Å²) in [6.07, 6.45) is -0.907. The molecule has 0 atom stereocenters. The Morgan fingerprint density at radius 3 is 2.53 bits per heavy atom. The monoisotopic (exact) mass is 210 g/mol. The smallest absolute Gasteiger partial charge is 0.457 e. The van der Waals surface area contributed by atoms with Crippen LogP contribution in [-0.4, -0.2) is 19.1 Å². The van der Waals surface area contributed by atoms with Gasteiger partial charge in [0.15, 0.2) is 0 Å². The van der Waals surface area contributed by atoms with Crippen molar-refractivity contribution in [2.75, 3.05) is 6.79 Å². The quantitative estimate of drug-likeness (QED) is 0.566. The van der Waals surface area contributed by atoms with E-state index in [2.05, 4.69) is 4.74 Å². The van der Waals surface area contributed by atoms with Crippen LogP contribution in [0.2, 0.25) is 0 Å². The molecule has 0 aromatic heterocycles. The molecule has 1 aromatic rings. The van der Waals surface area contributed by atoms with Gasteiger partial charge in [-0.1, -0.05) is 18.2 Å². The minimum atomic E-state index is -0.721. The normalized spacial score (nSPS) is 9.80. The zero-order chi connectivity index (χ0) is 11.1. The van der Waals surface area contributed by atoms with Gasteiger partial charge in [-0.2, -0.15) is 0 Å². The van der Waals surface area contributed by atoms with Crippen molar-refractivity contribution in [3.8, 4) is 5.75 Å². The highest BCUT2D eigenvalue weighted by Crippen LogP contribution is 2.08. The third kappa shape index (κ3) is 4.90. The van der Waals surface area contributed by atoms with Gasteiger partial charge < -0.3 is 14.2 Å². The van der Waals surface area contributed by atoms with E-state index in [0.717, 1.165) is 0 Å². The molecule has 0 bridgehead atoms. The molecule has 4 heteroatoms. The van der Waals surface area contributed by atoms with E-state index in [1.165, 1.54) is 0 Å². The number of hydrogen-bond acceptors (Lipinski definition) is 4.